The Balaban J connectivity index is 1.69. The van der Waals surface area contributed by atoms with E-state index in [1.165, 1.54) is 12.1 Å². The molecule has 6 nitrogen and oxygen atoms in total. The third-order valence-corrected chi connectivity index (χ3v) is 4.29. The van der Waals surface area contributed by atoms with Crippen molar-refractivity contribution < 1.29 is 22.5 Å². The number of carbonyl (C=O) groups is 1. The highest BCUT2D eigenvalue weighted by molar-refractivity contribution is 5.95. The fraction of sp³-hybridized carbons (Fsp3) is 0.438. The first kappa shape index (κ1) is 17.4. The van der Waals surface area contributed by atoms with E-state index in [4.69, 9.17) is 10.3 Å². The van der Waals surface area contributed by atoms with E-state index in [-0.39, 0.29) is 12.4 Å². The molecule has 0 radical (unpaired) electrons. The molecular formula is C16H17F3N4O2. The van der Waals surface area contributed by atoms with E-state index in [1.807, 2.05) is 0 Å². The van der Waals surface area contributed by atoms with Crippen molar-refractivity contribution in [1.82, 2.24) is 15.5 Å². The van der Waals surface area contributed by atoms with E-state index < -0.39 is 28.7 Å². The molecule has 134 valence electrons. The maximum atomic E-state index is 13.0. The molecule has 1 aromatic carbocycles. The van der Waals surface area contributed by atoms with Gasteiger partial charge in [0.15, 0.2) is 5.82 Å². The summed E-state index contributed by atoms with van der Waals surface area (Å²) in [6.45, 7) is -0.173. The zero-order chi connectivity index (χ0) is 18.1. The van der Waals surface area contributed by atoms with E-state index in [0.29, 0.717) is 5.82 Å². The average molecular weight is 354 g/mol. The van der Waals surface area contributed by atoms with Gasteiger partial charge in [-0.05, 0) is 25.0 Å². The lowest BCUT2D eigenvalue weighted by atomic mass is 9.99. The number of aromatic nitrogens is 2. The lowest BCUT2D eigenvalue weighted by Gasteiger charge is -2.17. The lowest BCUT2D eigenvalue weighted by molar-refractivity contribution is -0.137. The summed E-state index contributed by atoms with van der Waals surface area (Å²) in [6, 6.07) is 4.57. The number of alkyl halides is 3. The minimum absolute atomic E-state index is 0.101. The zero-order valence-corrected chi connectivity index (χ0v) is 13.3. The highest BCUT2D eigenvalue weighted by Gasteiger charge is 2.36. The summed E-state index contributed by atoms with van der Waals surface area (Å²) in [5.74, 6) is -0.398. The fourth-order valence-electron chi connectivity index (χ4n) is 2.94. The Morgan fingerprint density at radius 3 is 2.64 bits per heavy atom. The van der Waals surface area contributed by atoms with E-state index >= 15 is 0 Å². The Kier molecular flexibility index (Phi) is 4.51. The van der Waals surface area contributed by atoms with E-state index in [9.17, 15) is 18.0 Å². The number of benzene rings is 1. The number of rotatable bonds is 4. The third-order valence-electron chi connectivity index (χ3n) is 4.29. The smallest absolute Gasteiger partial charge is 0.343 e. The van der Waals surface area contributed by atoms with Gasteiger partial charge in [0.05, 0.1) is 23.2 Å². The summed E-state index contributed by atoms with van der Waals surface area (Å²) in [5.41, 5.74) is 4.13. The van der Waals surface area contributed by atoms with Gasteiger partial charge in [0, 0.05) is 0 Å². The van der Waals surface area contributed by atoms with Crippen LogP contribution in [0.1, 0.15) is 53.3 Å². The molecule has 25 heavy (non-hydrogen) atoms. The second-order valence-corrected chi connectivity index (χ2v) is 6.10. The van der Waals surface area contributed by atoms with Crippen LogP contribution in [0, 0.1) is 0 Å². The number of halogens is 3. The van der Waals surface area contributed by atoms with Crippen molar-refractivity contribution in [3.8, 4) is 0 Å². The summed E-state index contributed by atoms with van der Waals surface area (Å²) in [5, 5.41) is 6.20. The molecule has 0 spiro atoms. The van der Waals surface area contributed by atoms with Crippen LogP contribution >= 0.6 is 0 Å². The summed E-state index contributed by atoms with van der Waals surface area (Å²) in [4.78, 5) is 16.2. The molecule has 1 aliphatic carbocycles. The van der Waals surface area contributed by atoms with E-state index in [2.05, 4.69) is 15.5 Å². The quantitative estimate of drug-likeness (QED) is 0.880. The largest absolute Gasteiger partial charge is 0.417 e. The van der Waals surface area contributed by atoms with Gasteiger partial charge in [-0.1, -0.05) is 30.1 Å². The van der Waals surface area contributed by atoms with Crippen molar-refractivity contribution in [3.05, 3.63) is 47.1 Å². The van der Waals surface area contributed by atoms with Crippen LogP contribution in [0.2, 0.25) is 0 Å². The standard InChI is InChI=1S/C16H17F3N4O2/c17-16(18,19)11-6-2-1-5-10(11)13(24)21-9-12-22-14(23-25-12)15(20)7-3-4-8-15/h1-2,5-6H,3-4,7-9,20H2,(H,21,24). The van der Waals surface area contributed by atoms with Crippen molar-refractivity contribution in [2.24, 2.45) is 5.73 Å². The topological polar surface area (TPSA) is 94.0 Å². The van der Waals surface area contributed by atoms with Crippen LogP contribution < -0.4 is 11.1 Å². The molecule has 1 aliphatic rings. The summed E-state index contributed by atoms with van der Waals surface area (Å²) >= 11 is 0. The maximum Gasteiger partial charge on any atom is 0.417 e. The van der Waals surface area contributed by atoms with Gasteiger partial charge in [-0.25, -0.2) is 0 Å². The maximum absolute atomic E-state index is 13.0. The third kappa shape index (κ3) is 3.65. The summed E-state index contributed by atoms with van der Waals surface area (Å²) in [7, 11) is 0. The van der Waals surface area contributed by atoms with Crippen LogP contribution in [-0.2, 0) is 18.3 Å². The molecule has 3 rings (SSSR count). The number of nitrogens with one attached hydrogen (secondary N) is 1. The highest BCUT2D eigenvalue weighted by atomic mass is 19.4. The Bertz CT molecular complexity index is 767. The molecule has 1 heterocycles. The molecule has 0 saturated heterocycles. The monoisotopic (exact) mass is 354 g/mol. The van der Waals surface area contributed by atoms with Gasteiger partial charge in [-0.15, -0.1) is 0 Å². The predicted octanol–water partition coefficient (Wildman–Crippen LogP) is 2.75. The average Bonchev–Trinajstić information content (AvgIpc) is 3.22. The van der Waals surface area contributed by atoms with Crippen molar-refractivity contribution >= 4 is 5.91 Å². The number of amides is 1. The molecule has 0 bridgehead atoms. The second kappa shape index (κ2) is 6.47. The Morgan fingerprint density at radius 2 is 1.96 bits per heavy atom. The molecule has 1 aromatic heterocycles. The highest BCUT2D eigenvalue weighted by Crippen LogP contribution is 2.34. The van der Waals surface area contributed by atoms with Crippen LogP contribution in [0.3, 0.4) is 0 Å². The summed E-state index contributed by atoms with van der Waals surface area (Å²) in [6.07, 6.45) is -1.16. The Morgan fingerprint density at radius 1 is 1.28 bits per heavy atom. The zero-order valence-electron chi connectivity index (χ0n) is 13.3. The van der Waals surface area contributed by atoms with Crippen molar-refractivity contribution in [2.45, 2.75) is 43.9 Å². The van der Waals surface area contributed by atoms with Crippen LogP contribution in [0.5, 0.6) is 0 Å². The number of nitrogens with zero attached hydrogens (tertiary/aromatic N) is 2. The van der Waals surface area contributed by atoms with Gasteiger partial charge < -0.3 is 15.6 Å². The van der Waals surface area contributed by atoms with Gasteiger partial charge in [0.1, 0.15) is 0 Å². The molecule has 2 aromatic rings. The molecule has 1 saturated carbocycles. The normalized spacial score (nSPS) is 16.8. The van der Waals surface area contributed by atoms with Crippen molar-refractivity contribution in [2.75, 3.05) is 0 Å². The number of hydrogen-bond acceptors (Lipinski definition) is 5. The number of hydrogen-bond donors (Lipinski definition) is 2. The predicted molar refractivity (Wildman–Crippen MR) is 81.2 cm³/mol. The fourth-order valence-corrected chi connectivity index (χ4v) is 2.94. The Labute approximate surface area is 141 Å². The molecule has 3 N–H and O–H groups in total. The SMILES string of the molecule is NC1(c2noc(CNC(=O)c3ccccc3C(F)(F)F)n2)CCCC1. The molecule has 1 amide bonds. The van der Waals surface area contributed by atoms with Crippen LogP contribution in [0.25, 0.3) is 0 Å². The van der Waals surface area contributed by atoms with Gasteiger partial charge in [-0.3, -0.25) is 4.79 Å². The summed E-state index contributed by atoms with van der Waals surface area (Å²) < 4.78 is 43.9. The number of nitrogens with two attached hydrogens (primary N) is 1. The van der Waals surface area contributed by atoms with Crippen LogP contribution in [-0.4, -0.2) is 16.0 Å². The first-order valence-corrected chi connectivity index (χ1v) is 7.86. The van der Waals surface area contributed by atoms with Gasteiger partial charge >= 0.3 is 6.18 Å². The first-order valence-electron chi connectivity index (χ1n) is 7.86. The molecular weight excluding hydrogens is 337 g/mol. The van der Waals surface area contributed by atoms with Crippen LogP contribution in [0.4, 0.5) is 13.2 Å². The second-order valence-electron chi connectivity index (χ2n) is 6.10. The lowest BCUT2D eigenvalue weighted by Crippen LogP contribution is -2.34. The van der Waals surface area contributed by atoms with Crippen molar-refractivity contribution in [1.29, 1.82) is 0 Å². The van der Waals surface area contributed by atoms with Gasteiger partial charge in [0.2, 0.25) is 5.89 Å². The Hall–Kier alpha value is -2.42. The van der Waals surface area contributed by atoms with Gasteiger partial charge in [0.25, 0.3) is 5.91 Å². The number of carbonyl (C=O) groups excluding carboxylic acids is 1. The molecule has 9 heteroatoms. The first-order chi connectivity index (χ1) is 11.8. The van der Waals surface area contributed by atoms with Gasteiger partial charge in [-0.2, -0.15) is 18.2 Å². The molecule has 0 atom stereocenters. The molecule has 0 aliphatic heterocycles. The van der Waals surface area contributed by atoms with E-state index in [0.717, 1.165) is 37.8 Å². The van der Waals surface area contributed by atoms with E-state index in [1.54, 1.807) is 0 Å². The van der Waals surface area contributed by atoms with Crippen molar-refractivity contribution in [3.63, 3.8) is 0 Å². The minimum Gasteiger partial charge on any atom is -0.343 e. The molecule has 0 unspecified atom stereocenters. The van der Waals surface area contributed by atoms with Crippen LogP contribution in [0.15, 0.2) is 28.8 Å². The molecule has 1 fully saturated rings. The minimum atomic E-state index is -4.61.